The molecule has 1 aromatic carbocycles. The fraction of sp³-hybridized carbons (Fsp3) is 0.476. The number of hydrogen-bond acceptors (Lipinski definition) is 2. The second-order valence-electron chi connectivity index (χ2n) is 7.59. The molecule has 0 N–H and O–H groups in total. The Labute approximate surface area is 148 Å². The SMILES string of the molecule is O=c1cc(N2CCC(CF)(c3ccccc3)CC2)ccn1CC1CC1. The van der Waals surface area contributed by atoms with Crippen LogP contribution in [0.4, 0.5) is 10.1 Å². The fourth-order valence-electron chi connectivity index (χ4n) is 3.91. The quantitative estimate of drug-likeness (QED) is 0.828. The maximum Gasteiger partial charge on any atom is 0.252 e. The first-order chi connectivity index (χ1) is 12.2. The van der Waals surface area contributed by atoms with Gasteiger partial charge in [0.25, 0.3) is 5.56 Å². The van der Waals surface area contributed by atoms with Gasteiger partial charge in [-0.25, -0.2) is 0 Å². The first-order valence-corrected chi connectivity index (χ1v) is 9.27. The molecule has 2 fully saturated rings. The van der Waals surface area contributed by atoms with Gasteiger partial charge in [0, 0.05) is 43.0 Å². The second-order valence-corrected chi connectivity index (χ2v) is 7.59. The number of halogens is 1. The average Bonchev–Trinajstić information content (AvgIpc) is 3.48. The van der Waals surface area contributed by atoms with Gasteiger partial charge in [0.1, 0.15) is 0 Å². The molecule has 0 radical (unpaired) electrons. The van der Waals surface area contributed by atoms with Crippen LogP contribution in [-0.2, 0) is 12.0 Å². The first-order valence-electron chi connectivity index (χ1n) is 9.27. The molecule has 2 aromatic rings. The molecule has 1 aliphatic heterocycles. The number of nitrogens with zero attached hydrogens (tertiary/aromatic N) is 2. The number of anilines is 1. The summed E-state index contributed by atoms with van der Waals surface area (Å²) in [5.74, 6) is 0.689. The molecule has 2 aliphatic rings. The smallest absolute Gasteiger partial charge is 0.252 e. The summed E-state index contributed by atoms with van der Waals surface area (Å²) in [6.45, 7) is 2.09. The summed E-state index contributed by atoms with van der Waals surface area (Å²) in [5.41, 5.74) is 1.77. The number of alkyl halides is 1. The highest BCUT2D eigenvalue weighted by Crippen LogP contribution is 2.37. The minimum Gasteiger partial charge on any atom is -0.371 e. The van der Waals surface area contributed by atoms with Crippen molar-refractivity contribution in [3.63, 3.8) is 0 Å². The van der Waals surface area contributed by atoms with E-state index in [1.54, 1.807) is 6.07 Å². The van der Waals surface area contributed by atoms with Crippen LogP contribution in [0.5, 0.6) is 0 Å². The van der Waals surface area contributed by atoms with Crippen molar-refractivity contribution < 1.29 is 4.39 Å². The lowest BCUT2D eigenvalue weighted by Crippen LogP contribution is -2.44. The van der Waals surface area contributed by atoms with E-state index in [1.807, 2.05) is 47.2 Å². The van der Waals surface area contributed by atoms with Gasteiger partial charge in [-0.15, -0.1) is 0 Å². The zero-order valence-corrected chi connectivity index (χ0v) is 14.5. The Morgan fingerprint density at radius 2 is 1.80 bits per heavy atom. The van der Waals surface area contributed by atoms with Crippen LogP contribution in [0, 0.1) is 5.92 Å². The molecule has 1 saturated heterocycles. The third-order valence-electron chi connectivity index (χ3n) is 5.86. The van der Waals surface area contributed by atoms with Gasteiger partial charge in [0.2, 0.25) is 0 Å². The fourth-order valence-corrected chi connectivity index (χ4v) is 3.91. The van der Waals surface area contributed by atoms with Gasteiger partial charge < -0.3 is 9.47 Å². The van der Waals surface area contributed by atoms with Crippen LogP contribution in [0.15, 0.2) is 53.5 Å². The molecule has 2 heterocycles. The third kappa shape index (κ3) is 3.35. The van der Waals surface area contributed by atoms with Crippen LogP contribution in [0.1, 0.15) is 31.2 Å². The van der Waals surface area contributed by atoms with Crippen LogP contribution in [-0.4, -0.2) is 24.3 Å². The molecule has 0 bridgehead atoms. The summed E-state index contributed by atoms with van der Waals surface area (Å²) in [4.78, 5) is 14.5. The monoisotopic (exact) mass is 340 g/mol. The molecule has 1 aliphatic carbocycles. The number of piperidine rings is 1. The van der Waals surface area contributed by atoms with Crippen LogP contribution in [0.3, 0.4) is 0 Å². The Hall–Kier alpha value is -2.10. The van der Waals surface area contributed by atoms with Crippen molar-refractivity contribution in [3.05, 3.63) is 64.6 Å². The van der Waals surface area contributed by atoms with E-state index < -0.39 is 0 Å². The molecule has 0 amide bonds. The highest BCUT2D eigenvalue weighted by atomic mass is 19.1. The van der Waals surface area contributed by atoms with E-state index in [2.05, 4.69) is 4.90 Å². The normalized spacial score (nSPS) is 19.8. The number of aromatic nitrogens is 1. The zero-order valence-electron chi connectivity index (χ0n) is 14.5. The lowest BCUT2D eigenvalue weighted by atomic mass is 9.74. The lowest BCUT2D eigenvalue weighted by Gasteiger charge is -2.41. The minimum atomic E-state index is -0.376. The summed E-state index contributed by atoms with van der Waals surface area (Å²) in [7, 11) is 0. The molecular formula is C21H25FN2O. The van der Waals surface area contributed by atoms with Crippen molar-refractivity contribution >= 4 is 5.69 Å². The molecule has 3 nitrogen and oxygen atoms in total. The molecule has 0 unspecified atom stereocenters. The Balaban J connectivity index is 1.48. The van der Waals surface area contributed by atoms with Gasteiger partial charge in [-0.1, -0.05) is 30.3 Å². The average molecular weight is 340 g/mol. The topological polar surface area (TPSA) is 25.2 Å². The van der Waals surface area contributed by atoms with Gasteiger partial charge in [0.15, 0.2) is 0 Å². The zero-order chi connectivity index (χ0) is 17.3. The second kappa shape index (κ2) is 6.66. The predicted octanol–water partition coefficient (Wildman–Crippen LogP) is 3.77. The highest BCUT2D eigenvalue weighted by Gasteiger charge is 2.36. The first kappa shape index (κ1) is 16.4. The van der Waals surface area contributed by atoms with Crippen molar-refractivity contribution in [2.24, 2.45) is 5.92 Å². The lowest BCUT2D eigenvalue weighted by molar-refractivity contribution is 0.251. The van der Waals surface area contributed by atoms with Gasteiger partial charge in [-0.3, -0.25) is 9.18 Å². The Bertz CT molecular complexity index is 774. The molecule has 4 heteroatoms. The molecule has 1 aromatic heterocycles. The van der Waals surface area contributed by atoms with Crippen molar-refractivity contribution in [1.82, 2.24) is 4.57 Å². The molecule has 0 atom stereocenters. The maximum absolute atomic E-state index is 13.9. The van der Waals surface area contributed by atoms with Crippen molar-refractivity contribution in [2.45, 2.75) is 37.6 Å². The van der Waals surface area contributed by atoms with Crippen LogP contribution in [0.25, 0.3) is 0 Å². The van der Waals surface area contributed by atoms with Crippen LogP contribution in [0.2, 0.25) is 0 Å². The van der Waals surface area contributed by atoms with E-state index >= 15 is 0 Å². The van der Waals surface area contributed by atoms with E-state index in [9.17, 15) is 9.18 Å². The van der Waals surface area contributed by atoms with E-state index in [0.29, 0.717) is 5.92 Å². The number of pyridine rings is 1. The Kier molecular flexibility index (Phi) is 4.36. The van der Waals surface area contributed by atoms with Gasteiger partial charge in [-0.2, -0.15) is 0 Å². The van der Waals surface area contributed by atoms with Crippen molar-refractivity contribution in [1.29, 1.82) is 0 Å². The molecule has 25 heavy (non-hydrogen) atoms. The summed E-state index contributed by atoms with van der Waals surface area (Å²) >= 11 is 0. The van der Waals surface area contributed by atoms with E-state index in [-0.39, 0.29) is 17.6 Å². The summed E-state index contributed by atoms with van der Waals surface area (Å²) < 4.78 is 15.7. The number of rotatable bonds is 5. The summed E-state index contributed by atoms with van der Waals surface area (Å²) in [6.07, 6.45) is 5.96. The third-order valence-corrected chi connectivity index (χ3v) is 5.86. The van der Waals surface area contributed by atoms with E-state index in [0.717, 1.165) is 43.7 Å². The largest absolute Gasteiger partial charge is 0.371 e. The molecule has 4 rings (SSSR count). The Morgan fingerprint density at radius 3 is 2.40 bits per heavy atom. The van der Waals surface area contributed by atoms with Crippen LogP contribution >= 0.6 is 0 Å². The van der Waals surface area contributed by atoms with E-state index in [1.165, 1.54) is 12.8 Å². The minimum absolute atomic E-state index is 0.0785. The Morgan fingerprint density at radius 1 is 1.08 bits per heavy atom. The summed E-state index contributed by atoms with van der Waals surface area (Å²) in [6, 6.07) is 13.8. The summed E-state index contributed by atoms with van der Waals surface area (Å²) in [5, 5.41) is 0. The van der Waals surface area contributed by atoms with Gasteiger partial charge >= 0.3 is 0 Å². The van der Waals surface area contributed by atoms with Crippen molar-refractivity contribution in [3.8, 4) is 0 Å². The predicted molar refractivity (Wildman–Crippen MR) is 99.0 cm³/mol. The standard InChI is InChI=1S/C21H25FN2O/c22-16-21(18-4-2-1-3-5-18)9-12-23(13-10-21)19-8-11-24(20(25)14-19)15-17-6-7-17/h1-5,8,11,14,17H,6-7,9-10,12-13,15-16H2. The molecule has 1 saturated carbocycles. The van der Waals surface area contributed by atoms with Gasteiger partial charge in [0.05, 0.1) is 6.67 Å². The van der Waals surface area contributed by atoms with Crippen molar-refractivity contribution in [2.75, 3.05) is 24.7 Å². The van der Waals surface area contributed by atoms with Crippen LogP contribution < -0.4 is 10.5 Å². The number of benzene rings is 1. The number of hydrogen-bond donors (Lipinski definition) is 0. The molecular weight excluding hydrogens is 315 g/mol. The maximum atomic E-state index is 13.9. The molecule has 132 valence electrons. The van der Waals surface area contributed by atoms with Gasteiger partial charge in [-0.05, 0) is 43.2 Å². The van der Waals surface area contributed by atoms with E-state index in [4.69, 9.17) is 0 Å². The molecule has 0 spiro atoms. The highest BCUT2D eigenvalue weighted by molar-refractivity contribution is 5.46.